The molecule has 1 fully saturated rings. The highest BCUT2D eigenvalue weighted by molar-refractivity contribution is 5.85. The van der Waals surface area contributed by atoms with Crippen LogP contribution in [0.5, 0.6) is 0 Å². The van der Waals surface area contributed by atoms with Crippen LogP contribution in [0.25, 0.3) is 0 Å². The first kappa shape index (κ1) is 18.2. The first-order chi connectivity index (χ1) is 11.5. The van der Waals surface area contributed by atoms with Crippen molar-refractivity contribution < 1.29 is 4.79 Å². The predicted octanol–water partition coefficient (Wildman–Crippen LogP) is 1.70. The van der Waals surface area contributed by atoms with E-state index in [1.807, 2.05) is 39.2 Å². The van der Waals surface area contributed by atoms with E-state index in [0.717, 1.165) is 37.1 Å². The second-order valence-electron chi connectivity index (χ2n) is 6.74. The zero-order valence-corrected chi connectivity index (χ0v) is 15.2. The zero-order chi connectivity index (χ0) is 17.6. The maximum Gasteiger partial charge on any atom is 0.230 e. The molecule has 1 saturated carbocycles. The number of amides is 1. The fourth-order valence-corrected chi connectivity index (χ4v) is 3.34. The number of aliphatic imine (C=N–C) groups is 1. The molecule has 1 amide bonds. The van der Waals surface area contributed by atoms with E-state index in [4.69, 9.17) is 0 Å². The number of nitrogens with zero attached hydrogens (tertiary/aromatic N) is 3. The molecular formula is C18H29N5O. The van der Waals surface area contributed by atoms with Crippen LogP contribution in [0, 0.1) is 12.3 Å². The third-order valence-electron chi connectivity index (χ3n) is 4.62. The number of guanidine groups is 1. The van der Waals surface area contributed by atoms with Crippen molar-refractivity contribution in [1.82, 2.24) is 20.5 Å². The number of carbonyl (C=O) groups is 1. The largest absolute Gasteiger partial charge is 0.355 e. The van der Waals surface area contributed by atoms with E-state index in [-0.39, 0.29) is 11.3 Å². The molecule has 0 atom stereocenters. The van der Waals surface area contributed by atoms with Crippen molar-refractivity contribution in [3.8, 4) is 0 Å². The van der Waals surface area contributed by atoms with Crippen LogP contribution < -0.4 is 10.6 Å². The van der Waals surface area contributed by atoms with Gasteiger partial charge in [-0.25, -0.2) is 0 Å². The molecule has 2 rings (SSSR count). The van der Waals surface area contributed by atoms with Gasteiger partial charge in [-0.15, -0.1) is 0 Å². The molecule has 6 nitrogen and oxygen atoms in total. The SMILES string of the molecule is CN=C(NCc1cccc(C)n1)NCC1(C(=O)N(C)C)CCCC1. The van der Waals surface area contributed by atoms with E-state index in [2.05, 4.69) is 20.6 Å². The van der Waals surface area contributed by atoms with Crippen molar-refractivity contribution in [3.63, 3.8) is 0 Å². The summed E-state index contributed by atoms with van der Waals surface area (Å²) in [6.07, 6.45) is 4.10. The van der Waals surface area contributed by atoms with Gasteiger partial charge in [0.2, 0.25) is 5.91 Å². The molecule has 1 aliphatic carbocycles. The molecule has 0 aromatic carbocycles. The molecule has 24 heavy (non-hydrogen) atoms. The molecule has 1 aromatic heterocycles. The smallest absolute Gasteiger partial charge is 0.230 e. The van der Waals surface area contributed by atoms with Gasteiger partial charge in [0.15, 0.2) is 5.96 Å². The molecule has 0 saturated heterocycles. The summed E-state index contributed by atoms with van der Waals surface area (Å²) in [6, 6.07) is 5.97. The molecule has 1 aromatic rings. The Labute approximate surface area is 144 Å². The molecule has 0 spiro atoms. The van der Waals surface area contributed by atoms with Crippen molar-refractivity contribution in [2.45, 2.75) is 39.2 Å². The number of hydrogen-bond donors (Lipinski definition) is 2. The summed E-state index contributed by atoms with van der Waals surface area (Å²) in [5.74, 6) is 0.916. The van der Waals surface area contributed by atoms with Crippen LogP contribution in [0.15, 0.2) is 23.2 Å². The monoisotopic (exact) mass is 331 g/mol. The van der Waals surface area contributed by atoms with Crippen LogP contribution in [-0.4, -0.2) is 49.4 Å². The third kappa shape index (κ3) is 4.46. The van der Waals surface area contributed by atoms with Gasteiger partial charge in [0.05, 0.1) is 17.7 Å². The first-order valence-corrected chi connectivity index (χ1v) is 8.56. The predicted molar refractivity (Wildman–Crippen MR) is 96.8 cm³/mol. The van der Waals surface area contributed by atoms with Crippen LogP contribution in [0.2, 0.25) is 0 Å². The highest BCUT2D eigenvalue weighted by Gasteiger charge is 2.42. The quantitative estimate of drug-likeness (QED) is 0.636. The van der Waals surface area contributed by atoms with E-state index in [1.165, 1.54) is 0 Å². The Bertz CT molecular complexity index is 591. The van der Waals surface area contributed by atoms with E-state index >= 15 is 0 Å². The van der Waals surface area contributed by atoms with Gasteiger partial charge in [-0.1, -0.05) is 18.9 Å². The van der Waals surface area contributed by atoms with Crippen LogP contribution >= 0.6 is 0 Å². The molecule has 1 aliphatic rings. The lowest BCUT2D eigenvalue weighted by molar-refractivity contribution is -0.138. The van der Waals surface area contributed by atoms with E-state index in [9.17, 15) is 4.79 Å². The number of hydrogen-bond acceptors (Lipinski definition) is 3. The van der Waals surface area contributed by atoms with Crippen LogP contribution in [0.1, 0.15) is 37.1 Å². The Morgan fingerprint density at radius 2 is 2.00 bits per heavy atom. The van der Waals surface area contributed by atoms with Crippen molar-refractivity contribution in [2.24, 2.45) is 10.4 Å². The lowest BCUT2D eigenvalue weighted by atomic mass is 9.84. The van der Waals surface area contributed by atoms with Crippen molar-refractivity contribution in [2.75, 3.05) is 27.7 Å². The van der Waals surface area contributed by atoms with Gasteiger partial charge in [-0.3, -0.25) is 14.8 Å². The summed E-state index contributed by atoms with van der Waals surface area (Å²) in [7, 11) is 5.41. The lowest BCUT2D eigenvalue weighted by Crippen LogP contribution is -2.49. The van der Waals surface area contributed by atoms with Gasteiger partial charge in [0.25, 0.3) is 0 Å². The summed E-state index contributed by atoms with van der Waals surface area (Å²) in [5, 5.41) is 6.61. The average Bonchev–Trinajstić information content (AvgIpc) is 3.04. The highest BCUT2D eigenvalue weighted by atomic mass is 16.2. The average molecular weight is 331 g/mol. The van der Waals surface area contributed by atoms with Gasteiger partial charge in [-0.05, 0) is 31.9 Å². The highest BCUT2D eigenvalue weighted by Crippen LogP contribution is 2.38. The van der Waals surface area contributed by atoms with Crippen molar-refractivity contribution >= 4 is 11.9 Å². The van der Waals surface area contributed by atoms with Gasteiger partial charge in [0, 0.05) is 33.4 Å². The molecule has 0 unspecified atom stereocenters. The molecule has 2 N–H and O–H groups in total. The fourth-order valence-electron chi connectivity index (χ4n) is 3.34. The number of pyridine rings is 1. The summed E-state index contributed by atoms with van der Waals surface area (Å²) in [5.41, 5.74) is 1.67. The molecular weight excluding hydrogens is 302 g/mol. The minimum absolute atomic E-state index is 0.211. The number of aryl methyl sites for hydroxylation is 1. The number of rotatable bonds is 5. The van der Waals surface area contributed by atoms with Gasteiger partial charge >= 0.3 is 0 Å². The number of nitrogens with one attached hydrogen (secondary N) is 2. The van der Waals surface area contributed by atoms with E-state index in [1.54, 1.807) is 11.9 Å². The Balaban J connectivity index is 1.93. The Hall–Kier alpha value is -2.11. The Morgan fingerprint density at radius 1 is 1.29 bits per heavy atom. The topological polar surface area (TPSA) is 69.6 Å². The lowest BCUT2D eigenvalue weighted by Gasteiger charge is -2.31. The summed E-state index contributed by atoms with van der Waals surface area (Å²) in [4.78, 5) is 23.0. The molecule has 0 bridgehead atoms. The maximum absolute atomic E-state index is 12.6. The molecule has 1 heterocycles. The minimum Gasteiger partial charge on any atom is -0.355 e. The Kier molecular flexibility index (Phi) is 6.17. The summed E-state index contributed by atoms with van der Waals surface area (Å²) in [6.45, 7) is 3.20. The van der Waals surface area contributed by atoms with Gasteiger partial charge < -0.3 is 15.5 Å². The standard InChI is InChI=1S/C18H29N5O/c1-14-8-7-9-15(22-14)12-20-17(19-2)21-13-18(10-5-6-11-18)16(24)23(3)4/h7-9H,5-6,10-13H2,1-4H3,(H2,19,20,21). The zero-order valence-electron chi connectivity index (χ0n) is 15.2. The normalized spacial score (nSPS) is 16.8. The van der Waals surface area contributed by atoms with Crippen LogP contribution in [-0.2, 0) is 11.3 Å². The van der Waals surface area contributed by atoms with Crippen LogP contribution in [0.4, 0.5) is 0 Å². The van der Waals surface area contributed by atoms with Crippen molar-refractivity contribution in [3.05, 3.63) is 29.6 Å². The molecule has 0 radical (unpaired) electrons. The minimum atomic E-state index is -0.303. The maximum atomic E-state index is 12.6. The summed E-state index contributed by atoms with van der Waals surface area (Å²) < 4.78 is 0. The second-order valence-corrected chi connectivity index (χ2v) is 6.74. The van der Waals surface area contributed by atoms with Crippen LogP contribution in [0.3, 0.4) is 0 Å². The number of carbonyl (C=O) groups excluding carboxylic acids is 1. The fraction of sp³-hybridized carbons (Fsp3) is 0.611. The van der Waals surface area contributed by atoms with Gasteiger partial charge in [0.1, 0.15) is 0 Å². The van der Waals surface area contributed by atoms with E-state index < -0.39 is 0 Å². The molecule has 132 valence electrons. The molecule has 0 aliphatic heterocycles. The van der Waals surface area contributed by atoms with E-state index in [0.29, 0.717) is 19.0 Å². The summed E-state index contributed by atoms with van der Waals surface area (Å²) >= 11 is 0. The second kappa shape index (κ2) is 8.13. The van der Waals surface area contributed by atoms with Crippen molar-refractivity contribution in [1.29, 1.82) is 0 Å². The number of aromatic nitrogens is 1. The third-order valence-corrected chi connectivity index (χ3v) is 4.62. The Morgan fingerprint density at radius 3 is 2.58 bits per heavy atom. The molecule has 6 heteroatoms. The first-order valence-electron chi connectivity index (χ1n) is 8.56. The van der Waals surface area contributed by atoms with Gasteiger partial charge in [-0.2, -0.15) is 0 Å².